The van der Waals surface area contributed by atoms with Crippen molar-refractivity contribution in [2.24, 2.45) is 5.73 Å². The molecule has 1 aromatic rings. The zero-order valence-electron chi connectivity index (χ0n) is 9.76. The van der Waals surface area contributed by atoms with Crippen molar-refractivity contribution in [3.05, 3.63) is 35.9 Å². The van der Waals surface area contributed by atoms with Gasteiger partial charge < -0.3 is 5.73 Å². The fourth-order valence-electron chi connectivity index (χ4n) is 1.46. The SMILES string of the molecule is CC(N)CCS(=O)(=O)C(C)c1ccccc1. The van der Waals surface area contributed by atoms with Crippen molar-refractivity contribution in [1.82, 2.24) is 0 Å². The van der Waals surface area contributed by atoms with Gasteiger partial charge in [-0.15, -0.1) is 0 Å². The summed E-state index contributed by atoms with van der Waals surface area (Å²) in [6, 6.07) is 9.20. The van der Waals surface area contributed by atoms with Crippen LogP contribution in [-0.4, -0.2) is 20.2 Å². The molecule has 0 fully saturated rings. The Bertz CT molecular complexity index is 412. The Labute approximate surface area is 97.6 Å². The molecule has 0 bridgehead atoms. The summed E-state index contributed by atoms with van der Waals surface area (Å²) in [5.41, 5.74) is 6.41. The zero-order valence-corrected chi connectivity index (χ0v) is 10.6. The molecule has 16 heavy (non-hydrogen) atoms. The molecule has 0 aliphatic rings. The fraction of sp³-hybridized carbons (Fsp3) is 0.500. The van der Waals surface area contributed by atoms with Crippen LogP contribution in [0.1, 0.15) is 31.1 Å². The highest BCUT2D eigenvalue weighted by Gasteiger charge is 2.22. The molecule has 2 atom stereocenters. The van der Waals surface area contributed by atoms with Gasteiger partial charge in [-0.05, 0) is 25.8 Å². The quantitative estimate of drug-likeness (QED) is 0.856. The fourth-order valence-corrected chi connectivity index (χ4v) is 3.08. The van der Waals surface area contributed by atoms with E-state index < -0.39 is 15.1 Å². The van der Waals surface area contributed by atoms with Crippen LogP contribution in [0.4, 0.5) is 0 Å². The van der Waals surface area contributed by atoms with Gasteiger partial charge in [0.15, 0.2) is 9.84 Å². The van der Waals surface area contributed by atoms with Crippen LogP contribution in [0.3, 0.4) is 0 Å². The van der Waals surface area contributed by atoms with E-state index in [2.05, 4.69) is 0 Å². The summed E-state index contributed by atoms with van der Waals surface area (Å²) >= 11 is 0. The van der Waals surface area contributed by atoms with E-state index in [4.69, 9.17) is 5.73 Å². The zero-order chi connectivity index (χ0) is 12.2. The lowest BCUT2D eigenvalue weighted by molar-refractivity contribution is 0.578. The lowest BCUT2D eigenvalue weighted by Gasteiger charge is -2.14. The highest BCUT2D eigenvalue weighted by Crippen LogP contribution is 2.22. The molecule has 0 saturated heterocycles. The molecular formula is C12H19NO2S. The Hall–Kier alpha value is -0.870. The predicted molar refractivity (Wildman–Crippen MR) is 66.9 cm³/mol. The first-order chi connectivity index (χ1) is 7.43. The van der Waals surface area contributed by atoms with Gasteiger partial charge in [0.05, 0.1) is 11.0 Å². The topological polar surface area (TPSA) is 60.2 Å². The maximum Gasteiger partial charge on any atom is 0.157 e. The van der Waals surface area contributed by atoms with Crippen molar-refractivity contribution in [3.8, 4) is 0 Å². The molecule has 2 N–H and O–H groups in total. The summed E-state index contributed by atoms with van der Waals surface area (Å²) in [6.07, 6.45) is 0.513. The van der Waals surface area contributed by atoms with Gasteiger partial charge in [-0.1, -0.05) is 30.3 Å². The van der Waals surface area contributed by atoms with Gasteiger partial charge in [0.2, 0.25) is 0 Å². The molecule has 0 heterocycles. The van der Waals surface area contributed by atoms with Gasteiger partial charge in [0, 0.05) is 6.04 Å². The summed E-state index contributed by atoms with van der Waals surface area (Å²) in [5.74, 6) is 0.153. The van der Waals surface area contributed by atoms with Crippen LogP contribution in [-0.2, 0) is 9.84 Å². The molecule has 0 spiro atoms. The smallest absolute Gasteiger partial charge is 0.157 e. The van der Waals surface area contributed by atoms with Gasteiger partial charge in [-0.25, -0.2) is 8.42 Å². The molecule has 4 heteroatoms. The second kappa shape index (κ2) is 5.46. The van der Waals surface area contributed by atoms with Gasteiger partial charge >= 0.3 is 0 Å². The van der Waals surface area contributed by atoms with E-state index in [-0.39, 0.29) is 11.8 Å². The van der Waals surface area contributed by atoms with Crippen molar-refractivity contribution >= 4 is 9.84 Å². The summed E-state index contributed by atoms with van der Waals surface area (Å²) < 4.78 is 24.0. The number of sulfone groups is 1. The molecule has 0 aliphatic carbocycles. The Morgan fingerprint density at radius 3 is 2.25 bits per heavy atom. The molecule has 0 amide bonds. The van der Waals surface area contributed by atoms with E-state index >= 15 is 0 Å². The van der Waals surface area contributed by atoms with E-state index in [0.29, 0.717) is 6.42 Å². The average Bonchev–Trinajstić information content (AvgIpc) is 2.27. The van der Waals surface area contributed by atoms with Crippen LogP contribution < -0.4 is 5.73 Å². The van der Waals surface area contributed by atoms with E-state index in [9.17, 15) is 8.42 Å². The molecule has 2 unspecified atom stereocenters. The number of hydrogen-bond donors (Lipinski definition) is 1. The van der Waals surface area contributed by atoms with Crippen molar-refractivity contribution in [2.75, 3.05) is 5.75 Å². The van der Waals surface area contributed by atoms with Crippen LogP contribution in [0.25, 0.3) is 0 Å². The van der Waals surface area contributed by atoms with E-state index in [1.54, 1.807) is 6.92 Å². The lowest BCUT2D eigenvalue weighted by Crippen LogP contribution is -2.22. The van der Waals surface area contributed by atoms with Crippen LogP contribution in [0.2, 0.25) is 0 Å². The minimum absolute atomic E-state index is 0.0715. The molecule has 3 nitrogen and oxygen atoms in total. The Morgan fingerprint density at radius 2 is 1.75 bits per heavy atom. The second-order valence-electron chi connectivity index (χ2n) is 4.19. The summed E-state index contributed by atoms with van der Waals surface area (Å²) in [5, 5.41) is -0.451. The van der Waals surface area contributed by atoms with Crippen molar-refractivity contribution < 1.29 is 8.42 Å². The van der Waals surface area contributed by atoms with Gasteiger partial charge in [0.25, 0.3) is 0 Å². The third kappa shape index (κ3) is 3.61. The first-order valence-electron chi connectivity index (χ1n) is 5.45. The maximum atomic E-state index is 12.0. The third-order valence-corrected chi connectivity index (χ3v) is 4.82. The van der Waals surface area contributed by atoms with Crippen molar-refractivity contribution in [3.63, 3.8) is 0 Å². The van der Waals surface area contributed by atoms with Crippen LogP contribution >= 0.6 is 0 Å². The Kier molecular flexibility index (Phi) is 4.50. The molecule has 1 rings (SSSR count). The Morgan fingerprint density at radius 1 is 1.19 bits per heavy atom. The van der Waals surface area contributed by atoms with E-state index in [1.807, 2.05) is 37.3 Å². The largest absolute Gasteiger partial charge is 0.328 e. The molecular weight excluding hydrogens is 222 g/mol. The van der Waals surface area contributed by atoms with Crippen LogP contribution in [0.5, 0.6) is 0 Å². The van der Waals surface area contributed by atoms with Gasteiger partial charge in [-0.3, -0.25) is 0 Å². The van der Waals surface area contributed by atoms with Gasteiger partial charge in [-0.2, -0.15) is 0 Å². The molecule has 0 aliphatic heterocycles. The monoisotopic (exact) mass is 241 g/mol. The van der Waals surface area contributed by atoms with E-state index in [0.717, 1.165) is 5.56 Å². The molecule has 0 aromatic heterocycles. The summed E-state index contributed by atoms with van der Waals surface area (Å²) in [4.78, 5) is 0. The van der Waals surface area contributed by atoms with Crippen LogP contribution in [0, 0.1) is 0 Å². The average molecular weight is 241 g/mol. The number of hydrogen-bond acceptors (Lipinski definition) is 3. The highest BCUT2D eigenvalue weighted by atomic mass is 32.2. The van der Waals surface area contributed by atoms with Crippen molar-refractivity contribution in [1.29, 1.82) is 0 Å². The normalized spacial score (nSPS) is 15.7. The van der Waals surface area contributed by atoms with Crippen molar-refractivity contribution in [2.45, 2.75) is 31.6 Å². The molecule has 0 saturated carbocycles. The number of nitrogens with two attached hydrogens (primary N) is 1. The van der Waals surface area contributed by atoms with Gasteiger partial charge in [0.1, 0.15) is 0 Å². The second-order valence-corrected chi connectivity index (χ2v) is 6.63. The highest BCUT2D eigenvalue weighted by molar-refractivity contribution is 7.91. The predicted octanol–water partition coefficient (Wildman–Crippen LogP) is 1.90. The first-order valence-corrected chi connectivity index (χ1v) is 7.17. The summed E-state index contributed by atoms with van der Waals surface area (Å²) in [7, 11) is -3.09. The molecule has 0 radical (unpaired) electrons. The van der Waals surface area contributed by atoms with Crippen LogP contribution in [0.15, 0.2) is 30.3 Å². The lowest BCUT2D eigenvalue weighted by atomic mass is 10.2. The number of rotatable bonds is 5. The first kappa shape index (κ1) is 13.2. The molecule has 90 valence electrons. The minimum atomic E-state index is -3.09. The number of benzene rings is 1. The molecule has 1 aromatic carbocycles. The standard InChI is InChI=1S/C12H19NO2S/c1-10(13)8-9-16(14,15)11(2)12-6-4-3-5-7-12/h3-7,10-11H,8-9,13H2,1-2H3. The Balaban J connectivity index is 2.77. The van der Waals surface area contributed by atoms with E-state index in [1.165, 1.54) is 0 Å². The minimum Gasteiger partial charge on any atom is -0.328 e. The summed E-state index contributed by atoms with van der Waals surface area (Å²) in [6.45, 7) is 3.55. The maximum absolute atomic E-state index is 12.0. The third-order valence-electron chi connectivity index (χ3n) is 2.67.